The van der Waals surface area contributed by atoms with E-state index in [1.807, 2.05) is 18.2 Å². The lowest BCUT2D eigenvalue weighted by molar-refractivity contribution is 0.0673. The molecule has 0 aliphatic carbocycles. The first-order valence-corrected chi connectivity index (χ1v) is 8.48. The van der Waals surface area contributed by atoms with Crippen molar-refractivity contribution in [3.8, 4) is 5.75 Å². The highest BCUT2D eigenvalue weighted by atomic mass is 35.5. The normalized spacial score (nSPS) is 25.7. The zero-order valence-corrected chi connectivity index (χ0v) is 13.6. The van der Waals surface area contributed by atoms with E-state index in [0.29, 0.717) is 12.5 Å². The maximum Gasteiger partial charge on any atom is 0.124 e. The molecule has 0 bridgehead atoms. The van der Waals surface area contributed by atoms with Gasteiger partial charge in [0.25, 0.3) is 0 Å². The molecule has 3 rings (SSSR count). The average Bonchev–Trinajstić information content (AvgIpc) is 3.17. The molecule has 2 aliphatic heterocycles. The highest BCUT2D eigenvalue weighted by molar-refractivity contribution is 6.30. The van der Waals surface area contributed by atoms with E-state index in [4.69, 9.17) is 21.1 Å². The molecule has 2 saturated heterocycles. The van der Waals surface area contributed by atoms with E-state index < -0.39 is 0 Å². The molecule has 5 heteroatoms. The van der Waals surface area contributed by atoms with Gasteiger partial charge in [0, 0.05) is 36.9 Å². The van der Waals surface area contributed by atoms with E-state index in [-0.39, 0.29) is 12.7 Å². The molecular formula is C17H24ClNO3. The molecule has 1 aromatic carbocycles. The van der Waals surface area contributed by atoms with Crippen molar-refractivity contribution < 1.29 is 14.6 Å². The first-order valence-electron chi connectivity index (χ1n) is 8.10. The Balaban J connectivity index is 1.62. The van der Waals surface area contributed by atoms with Gasteiger partial charge in [0.1, 0.15) is 12.4 Å². The SMILES string of the molecule is OCC1CCN(Cc2cc(Cl)ccc2OCC2CCCO2)C1. The van der Waals surface area contributed by atoms with Crippen LogP contribution in [0.1, 0.15) is 24.8 Å². The van der Waals surface area contributed by atoms with E-state index in [0.717, 1.165) is 61.8 Å². The summed E-state index contributed by atoms with van der Waals surface area (Å²) in [4.78, 5) is 2.35. The molecule has 0 aromatic heterocycles. The molecule has 22 heavy (non-hydrogen) atoms. The number of aliphatic hydroxyl groups is 1. The zero-order chi connectivity index (χ0) is 15.4. The fourth-order valence-electron chi connectivity index (χ4n) is 3.22. The zero-order valence-electron chi connectivity index (χ0n) is 12.8. The third-order valence-electron chi connectivity index (χ3n) is 4.49. The molecule has 0 amide bonds. The molecular weight excluding hydrogens is 302 g/mol. The third-order valence-corrected chi connectivity index (χ3v) is 4.73. The molecule has 1 aromatic rings. The van der Waals surface area contributed by atoms with Gasteiger partial charge in [-0.25, -0.2) is 0 Å². The standard InChI is InChI=1S/C17H24ClNO3/c18-15-3-4-17(22-12-16-2-1-7-21-16)14(8-15)10-19-6-5-13(9-19)11-20/h3-4,8,13,16,20H,1-2,5-7,9-12H2. The van der Waals surface area contributed by atoms with Gasteiger partial charge in [-0.3, -0.25) is 4.90 Å². The Bertz CT molecular complexity index is 491. The van der Waals surface area contributed by atoms with Gasteiger partial charge in [-0.2, -0.15) is 0 Å². The minimum Gasteiger partial charge on any atom is -0.491 e. The van der Waals surface area contributed by atoms with Crippen LogP contribution in [0.25, 0.3) is 0 Å². The summed E-state index contributed by atoms with van der Waals surface area (Å²) in [7, 11) is 0. The maximum absolute atomic E-state index is 9.27. The maximum atomic E-state index is 9.27. The Morgan fingerprint density at radius 1 is 1.36 bits per heavy atom. The van der Waals surface area contributed by atoms with Crippen LogP contribution in [0.3, 0.4) is 0 Å². The van der Waals surface area contributed by atoms with Crippen LogP contribution >= 0.6 is 11.6 Å². The molecule has 122 valence electrons. The summed E-state index contributed by atoms with van der Waals surface area (Å²) >= 11 is 6.15. The van der Waals surface area contributed by atoms with Gasteiger partial charge < -0.3 is 14.6 Å². The Morgan fingerprint density at radius 2 is 2.27 bits per heavy atom. The van der Waals surface area contributed by atoms with Crippen LogP contribution in [0, 0.1) is 5.92 Å². The fraction of sp³-hybridized carbons (Fsp3) is 0.647. The second kappa shape index (κ2) is 7.64. The van der Waals surface area contributed by atoms with Gasteiger partial charge in [-0.05, 0) is 49.9 Å². The van der Waals surface area contributed by atoms with E-state index in [1.165, 1.54) is 0 Å². The molecule has 0 radical (unpaired) electrons. The van der Waals surface area contributed by atoms with Crippen molar-refractivity contribution in [1.29, 1.82) is 0 Å². The van der Waals surface area contributed by atoms with Crippen molar-refractivity contribution in [2.24, 2.45) is 5.92 Å². The second-order valence-electron chi connectivity index (χ2n) is 6.27. The number of likely N-dealkylation sites (tertiary alicyclic amines) is 1. The van der Waals surface area contributed by atoms with Crippen molar-refractivity contribution in [1.82, 2.24) is 4.90 Å². The number of nitrogens with zero attached hydrogens (tertiary/aromatic N) is 1. The molecule has 1 N–H and O–H groups in total. The summed E-state index contributed by atoms with van der Waals surface area (Å²) in [5.41, 5.74) is 1.11. The van der Waals surface area contributed by atoms with Gasteiger partial charge >= 0.3 is 0 Å². The molecule has 2 atom stereocenters. The van der Waals surface area contributed by atoms with Crippen LogP contribution in [0.15, 0.2) is 18.2 Å². The van der Waals surface area contributed by atoms with Gasteiger partial charge in [-0.15, -0.1) is 0 Å². The van der Waals surface area contributed by atoms with Gasteiger partial charge in [0.2, 0.25) is 0 Å². The predicted octanol–water partition coefficient (Wildman–Crippen LogP) is 2.71. The fourth-order valence-corrected chi connectivity index (χ4v) is 3.41. The van der Waals surface area contributed by atoms with Crippen molar-refractivity contribution in [2.75, 3.05) is 32.9 Å². The van der Waals surface area contributed by atoms with Gasteiger partial charge in [0.15, 0.2) is 0 Å². The molecule has 0 saturated carbocycles. The van der Waals surface area contributed by atoms with Gasteiger partial charge in [-0.1, -0.05) is 11.6 Å². The van der Waals surface area contributed by atoms with E-state index in [1.54, 1.807) is 0 Å². The van der Waals surface area contributed by atoms with Gasteiger partial charge in [0.05, 0.1) is 6.10 Å². The molecule has 4 nitrogen and oxygen atoms in total. The highest BCUT2D eigenvalue weighted by Crippen LogP contribution is 2.27. The summed E-state index contributed by atoms with van der Waals surface area (Å²) in [6, 6.07) is 5.81. The van der Waals surface area contributed by atoms with Crippen LogP contribution in [0.5, 0.6) is 5.75 Å². The number of hydrogen-bond donors (Lipinski definition) is 1. The number of aliphatic hydroxyl groups excluding tert-OH is 1. The predicted molar refractivity (Wildman–Crippen MR) is 86.4 cm³/mol. The summed E-state index contributed by atoms with van der Waals surface area (Å²) < 4.78 is 11.6. The van der Waals surface area contributed by atoms with Crippen molar-refractivity contribution >= 4 is 11.6 Å². The van der Waals surface area contributed by atoms with Crippen LogP contribution in [-0.2, 0) is 11.3 Å². The van der Waals surface area contributed by atoms with E-state index in [9.17, 15) is 5.11 Å². The number of hydrogen-bond acceptors (Lipinski definition) is 4. The van der Waals surface area contributed by atoms with Crippen molar-refractivity contribution in [3.05, 3.63) is 28.8 Å². The first kappa shape index (κ1) is 16.1. The lowest BCUT2D eigenvalue weighted by Crippen LogP contribution is -2.22. The highest BCUT2D eigenvalue weighted by Gasteiger charge is 2.23. The molecule has 2 heterocycles. The molecule has 2 aliphatic rings. The van der Waals surface area contributed by atoms with Crippen LogP contribution in [0.4, 0.5) is 0 Å². The number of rotatable bonds is 6. The van der Waals surface area contributed by atoms with Crippen molar-refractivity contribution in [2.45, 2.75) is 31.9 Å². The smallest absolute Gasteiger partial charge is 0.124 e. The Morgan fingerprint density at radius 3 is 3.00 bits per heavy atom. The minimum atomic E-state index is 0.217. The van der Waals surface area contributed by atoms with E-state index >= 15 is 0 Å². The Hall–Kier alpha value is -0.810. The average molecular weight is 326 g/mol. The lowest BCUT2D eigenvalue weighted by Gasteiger charge is -2.19. The Kier molecular flexibility index (Phi) is 5.58. The third kappa shape index (κ3) is 4.13. The minimum absolute atomic E-state index is 0.217. The monoisotopic (exact) mass is 325 g/mol. The van der Waals surface area contributed by atoms with Crippen LogP contribution < -0.4 is 4.74 Å². The summed E-state index contributed by atoms with van der Waals surface area (Å²) in [6.45, 7) is 4.50. The van der Waals surface area contributed by atoms with Crippen molar-refractivity contribution in [3.63, 3.8) is 0 Å². The summed E-state index contributed by atoms with van der Waals surface area (Å²) in [5.74, 6) is 1.29. The van der Waals surface area contributed by atoms with E-state index in [2.05, 4.69) is 4.90 Å². The largest absolute Gasteiger partial charge is 0.491 e. The quantitative estimate of drug-likeness (QED) is 0.873. The topological polar surface area (TPSA) is 41.9 Å². The molecule has 0 spiro atoms. The van der Waals surface area contributed by atoms with Crippen LogP contribution in [-0.4, -0.2) is 49.0 Å². The number of halogens is 1. The summed E-state index contributed by atoms with van der Waals surface area (Å²) in [6.07, 6.45) is 3.47. The first-order chi connectivity index (χ1) is 10.7. The second-order valence-corrected chi connectivity index (χ2v) is 6.71. The van der Waals surface area contributed by atoms with Crippen LogP contribution in [0.2, 0.25) is 5.02 Å². The Labute approximate surface area is 137 Å². The molecule has 2 fully saturated rings. The number of benzene rings is 1. The number of ether oxygens (including phenoxy) is 2. The molecule has 2 unspecified atom stereocenters. The lowest BCUT2D eigenvalue weighted by atomic mass is 10.1. The summed E-state index contributed by atoms with van der Waals surface area (Å²) in [5, 5.41) is 10.0.